The second-order valence-corrected chi connectivity index (χ2v) is 5.18. The molecule has 0 radical (unpaired) electrons. The summed E-state index contributed by atoms with van der Waals surface area (Å²) in [5, 5.41) is 0. The van der Waals surface area contributed by atoms with Gasteiger partial charge in [0, 0.05) is 31.5 Å². The molecule has 0 amide bonds. The fraction of sp³-hybridized carbons (Fsp3) is 0.600. The van der Waals surface area contributed by atoms with Crippen LogP contribution in [-0.2, 0) is 4.74 Å². The number of rotatable bonds is 6. The van der Waals surface area contributed by atoms with E-state index in [-0.39, 0.29) is 5.78 Å². The van der Waals surface area contributed by atoms with E-state index in [4.69, 9.17) is 15.2 Å². The summed E-state index contributed by atoms with van der Waals surface area (Å²) in [6.07, 6.45) is 5.48. The molecule has 0 spiro atoms. The lowest BCUT2D eigenvalue weighted by Gasteiger charge is -2.34. The molecule has 0 unspecified atom stereocenters. The van der Waals surface area contributed by atoms with E-state index in [9.17, 15) is 4.79 Å². The van der Waals surface area contributed by atoms with Crippen LogP contribution in [0, 0.1) is 5.41 Å². The SMILES string of the molecule is CCCOc1cncc(C(=O)C2(CN)CCOCC2)c1. The molecule has 0 saturated carbocycles. The third kappa shape index (κ3) is 3.16. The van der Waals surface area contributed by atoms with Gasteiger partial charge in [0.15, 0.2) is 5.78 Å². The molecule has 0 aliphatic carbocycles. The number of Topliss-reactive ketones (excluding diaryl/α,β-unsaturated/α-hetero) is 1. The number of ether oxygens (including phenoxy) is 2. The van der Waals surface area contributed by atoms with Crippen LogP contribution in [0.25, 0.3) is 0 Å². The first-order chi connectivity index (χ1) is 9.72. The number of ketones is 1. The Morgan fingerprint density at radius 2 is 2.20 bits per heavy atom. The van der Waals surface area contributed by atoms with Crippen LogP contribution in [0.4, 0.5) is 0 Å². The highest BCUT2D eigenvalue weighted by molar-refractivity contribution is 6.00. The van der Waals surface area contributed by atoms with Gasteiger partial charge in [-0.3, -0.25) is 9.78 Å². The van der Waals surface area contributed by atoms with Crippen LogP contribution >= 0.6 is 0 Å². The molecule has 1 fully saturated rings. The van der Waals surface area contributed by atoms with Crippen molar-refractivity contribution < 1.29 is 14.3 Å². The van der Waals surface area contributed by atoms with E-state index >= 15 is 0 Å². The van der Waals surface area contributed by atoms with Crippen LogP contribution < -0.4 is 10.5 Å². The highest BCUT2D eigenvalue weighted by atomic mass is 16.5. The number of aromatic nitrogens is 1. The van der Waals surface area contributed by atoms with Gasteiger partial charge in [-0.25, -0.2) is 0 Å². The van der Waals surface area contributed by atoms with Gasteiger partial charge in [0.2, 0.25) is 0 Å². The Morgan fingerprint density at radius 3 is 2.85 bits per heavy atom. The van der Waals surface area contributed by atoms with Crippen LogP contribution in [-0.4, -0.2) is 37.1 Å². The molecule has 1 aromatic rings. The predicted octanol–water partition coefficient (Wildman–Crippen LogP) is 1.81. The summed E-state index contributed by atoms with van der Waals surface area (Å²) in [5.74, 6) is 0.690. The zero-order valence-corrected chi connectivity index (χ0v) is 11.9. The van der Waals surface area contributed by atoms with E-state index in [1.165, 1.54) is 0 Å². The van der Waals surface area contributed by atoms with Crippen molar-refractivity contribution in [3.63, 3.8) is 0 Å². The third-order valence-electron chi connectivity index (χ3n) is 3.77. The minimum atomic E-state index is -0.511. The fourth-order valence-electron chi connectivity index (χ4n) is 2.43. The average Bonchev–Trinajstić information content (AvgIpc) is 2.53. The van der Waals surface area contributed by atoms with E-state index in [0.717, 1.165) is 6.42 Å². The molecule has 1 aliphatic rings. The van der Waals surface area contributed by atoms with E-state index in [1.807, 2.05) is 6.92 Å². The summed E-state index contributed by atoms with van der Waals surface area (Å²) in [7, 11) is 0. The molecule has 1 aromatic heterocycles. The van der Waals surface area contributed by atoms with E-state index < -0.39 is 5.41 Å². The van der Waals surface area contributed by atoms with Crippen molar-refractivity contribution in [1.29, 1.82) is 0 Å². The number of hydrogen-bond acceptors (Lipinski definition) is 5. The van der Waals surface area contributed by atoms with Gasteiger partial charge >= 0.3 is 0 Å². The van der Waals surface area contributed by atoms with Gasteiger partial charge in [-0.1, -0.05) is 6.92 Å². The number of carbonyl (C=O) groups excluding carboxylic acids is 1. The molecule has 1 saturated heterocycles. The molecule has 0 aromatic carbocycles. The molecule has 20 heavy (non-hydrogen) atoms. The van der Waals surface area contributed by atoms with Crippen molar-refractivity contribution in [3.05, 3.63) is 24.0 Å². The van der Waals surface area contributed by atoms with Crippen LogP contribution in [0.1, 0.15) is 36.5 Å². The molecule has 2 N–H and O–H groups in total. The van der Waals surface area contributed by atoms with Gasteiger partial charge in [-0.2, -0.15) is 0 Å². The van der Waals surface area contributed by atoms with Crippen LogP contribution in [0.5, 0.6) is 5.75 Å². The summed E-state index contributed by atoms with van der Waals surface area (Å²) < 4.78 is 10.9. The van der Waals surface area contributed by atoms with Gasteiger partial charge in [0.25, 0.3) is 0 Å². The molecule has 2 heterocycles. The van der Waals surface area contributed by atoms with Crippen molar-refractivity contribution in [1.82, 2.24) is 4.98 Å². The van der Waals surface area contributed by atoms with E-state index in [2.05, 4.69) is 4.98 Å². The second kappa shape index (κ2) is 6.81. The molecule has 0 atom stereocenters. The zero-order valence-electron chi connectivity index (χ0n) is 11.9. The van der Waals surface area contributed by atoms with Gasteiger partial charge in [0.05, 0.1) is 18.2 Å². The zero-order chi connectivity index (χ0) is 14.4. The molecule has 0 bridgehead atoms. The molecular formula is C15H22N2O3. The second-order valence-electron chi connectivity index (χ2n) is 5.18. The highest BCUT2D eigenvalue weighted by Crippen LogP contribution is 2.33. The Balaban J connectivity index is 2.18. The van der Waals surface area contributed by atoms with Crippen LogP contribution in [0.15, 0.2) is 18.5 Å². The minimum absolute atomic E-state index is 0.0535. The summed E-state index contributed by atoms with van der Waals surface area (Å²) in [6.45, 7) is 4.17. The van der Waals surface area contributed by atoms with Crippen molar-refractivity contribution in [3.8, 4) is 5.75 Å². The quantitative estimate of drug-likeness (QED) is 0.803. The Kier molecular flexibility index (Phi) is 5.09. The lowest BCUT2D eigenvalue weighted by molar-refractivity contribution is 0.0200. The number of pyridine rings is 1. The van der Waals surface area contributed by atoms with E-state index in [0.29, 0.717) is 50.5 Å². The van der Waals surface area contributed by atoms with Crippen molar-refractivity contribution in [2.24, 2.45) is 11.1 Å². The first kappa shape index (κ1) is 14.9. The Morgan fingerprint density at radius 1 is 1.45 bits per heavy atom. The maximum atomic E-state index is 12.7. The third-order valence-corrected chi connectivity index (χ3v) is 3.77. The molecule has 2 rings (SSSR count). The van der Waals surface area contributed by atoms with Gasteiger partial charge in [0.1, 0.15) is 5.75 Å². The largest absolute Gasteiger partial charge is 0.492 e. The van der Waals surface area contributed by atoms with Crippen molar-refractivity contribution >= 4 is 5.78 Å². The maximum Gasteiger partial charge on any atom is 0.172 e. The number of hydrogen-bond donors (Lipinski definition) is 1. The first-order valence-electron chi connectivity index (χ1n) is 7.12. The highest BCUT2D eigenvalue weighted by Gasteiger charge is 2.39. The van der Waals surface area contributed by atoms with E-state index in [1.54, 1.807) is 18.5 Å². The number of nitrogens with two attached hydrogens (primary N) is 1. The normalized spacial score (nSPS) is 17.7. The Hall–Kier alpha value is -1.46. The lowest BCUT2D eigenvalue weighted by atomic mass is 9.74. The average molecular weight is 278 g/mol. The number of nitrogens with zero attached hydrogens (tertiary/aromatic N) is 1. The monoisotopic (exact) mass is 278 g/mol. The number of carbonyl (C=O) groups is 1. The lowest BCUT2D eigenvalue weighted by Crippen LogP contribution is -2.43. The molecule has 5 nitrogen and oxygen atoms in total. The summed E-state index contributed by atoms with van der Waals surface area (Å²) in [5.41, 5.74) is 5.93. The minimum Gasteiger partial charge on any atom is -0.492 e. The first-order valence-corrected chi connectivity index (χ1v) is 7.12. The van der Waals surface area contributed by atoms with Gasteiger partial charge in [-0.05, 0) is 25.3 Å². The molecule has 5 heteroatoms. The smallest absolute Gasteiger partial charge is 0.172 e. The Labute approximate surface area is 119 Å². The molecule has 110 valence electrons. The maximum absolute atomic E-state index is 12.7. The van der Waals surface area contributed by atoms with Crippen LogP contribution in [0.2, 0.25) is 0 Å². The predicted molar refractivity (Wildman–Crippen MR) is 75.9 cm³/mol. The van der Waals surface area contributed by atoms with Crippen molar-refractivity contribution in [2.75, 3.05) is 26.4 Å². The van der Waals surface area contributed by atoms with Crippen LogP contribution in [0.3, 0.4) is 0 Å². The summed E-state index contributed by atoms with van der Waals surface area (Å²) in [6, 6.07) is 1.76. The topological polar surface area (TPSA) is 74.4 Å². The summed E-state index contributed by atoms with van der Waals surface area (Å²) >= 11 is 0. The summed E-state index contributed by atoms with van der Waals surface area (Å²) in [4.78, 5) is 16.8. The standard InChI is InChI=1S/C15H22N2O3/c1-2-5-20-13-8-12(9-17-10-13)14(18)15(11-16)3-6-19-7-4-15/h8-10H,2-7,11,16H2,1H3. The molecular weight excluding hydrogens is 256 g/mol. The van der Waals surface area contributed by atoms with Gasteiger partial charge < -0.3 is 15.2 Å². The molecule has 1 aliphatic heterocycles. The van der Waals surface area contributed by atoms with Crippen molar-refractivity contribution in [2.45, 2.75) is 26.2 Å². The fourth-order valence-corrected chi connectivity index (χ4v) is 2.43. The van der Waals surface area contributed by atoms with Gasteiger partial charge in [-0.15, -0.1) is 0 Å². The Bertz CT molecular complexity index is 456.